The van der Waals surface area contributed by atoms with Crippen molar-refractivity contribution in [1.82, 2.24) is 0 Å². The first-order valence-corrected chi connectivity index (χ1v) is 5.12. The smallest absolute Gasteiger partial charge is 0.0831 e. The number of nitrogens with two attached hydrogens (primary N) is 1. The van der Waals surface area contributed by atoms with Crippen molar-refractivity contribution >= 4 is 40.6 Å². The van der Waals surface area contributed by atoms with Crippen LogP contribution >= 0.6 is 35.6 Å². The van der Waals surface area contributed by atoms with Gasteiger partial charge < -0.3 is 5.73 Å². The summed E-state index contributed by atoms with van der Waals surface area (Å²) in [6, 6.07) is 7.62. The Morgan fingerprint density at radius 3 is 2.92 bits per heavy atom. The first-order chi connectivity index (χ1) is 5.68. The summed E-state index contributed by atoms with van der Waals surface area (Å²) in [6.45, 7) is 0. The summed E-state index contributed by atoms with van der Waals surface area (Å²) < 4.78 is 0. The third-order valence-corrected chi connectivity index (χ3v) is 2.78. The molecule has 0 heterocycles. The molecule has 0 unspecified atom stereocenters. The molecule has 0 spiro atoms. The lowest BCUT2D eigenvalue weighted by Crippen LogP contribution is -2.09. The number of thiocarbonyl (C=S) groups is 1. The molecule has 12 heavy (non-hydrogen) atoms. The average molecular weight is 218 g/mol. The maximum Gasteiger partial charge on any atom is 0.0831 e. The van der Waals surface area contributed by atoms with Crippen LogP contribution in [0, 0.1) is 0 Å². The molecule has 0 saturated heterocycles. The molecule has 0 atom stereocenters. The Kier molecular flexibility index (Phi) is 3.85. The van der Waals surface area contributed by atoms with Gasteiger partial charge in [0, 0.05) is 15.7 Å². The number of halogens is 1. The van der Waals surface area contributed by atoms with Gasteiger partial charge in [0.05, 0.1) is 4.99 Å². The molecule has 0 radical (unpaired) electrons. The van der Waals surface area contributed by atoms with Crippen LogP contribution in [0.4, 0.5) is 0 Å². The molecule has 0 aliphatic carbocycles. The largest absolute Gasteiger partial charge is 0.393 e. The van der Waals surface area contributed by atoms with E-state index in [1.54, 1.807) is 11.8 Å². The minimum atomic E-state index is 0.514. The van der Waals surface area contributed by atoms with E-state index >= 15 is 0 Å². The number of rotatable bonds is 3. The molecular weight excluding hydrogens is 210 g/mol. The zero-order chi connectivity index (χ0) is 8.97. The van der Waals surface area contributed by atoms with Crippen molar-refractivity contribution in [2.24, 2.45) is 5.73 Å². The van der Waals surface area contributed by atoms with E-state index in [1.165, 1.54) is 0 Å². The van der Waals surface area contributed by atoms with E-state index in [2.05, 4.69) is 0 Å². The number of hydrogen-bond donors (Lipinski definition) is 1. The molecule has 0 saturated carbocycles. The van der Waals surface area contributed by atoms with Crippen LogP contribution in [0.3, 0.4) is 0 Å². The first kappa shape index (κ1) is 9.84. The number of thioether (sulfide) groups is 1. The Morgan fingerprint density at radius 1 is 1.58 bits per heavy atom. The van der Waals surface area contributed by atoms with Crippen molar-refractivity contribution in [1.29, 1.82) is 0 Å². The lowest BCUT2D eigenvalue weighted by Gasteiger charge is -1.99. The Bertz CT molecular complexity index is 288. The van der Waals surface area contributed by atoms with Crippen molar-refractivity contribution < 1.29 is 0 Å². The van der Waals surface area contributed by atoms with Gasteiger partial charge in [0.1, 0.15) is 0 Å². The van der Waals surface area contributed by atoms with E-state index in [0.29, 0.717) is 10.7 Å². The quantitative estimate of drug-likeness (QED) is 0.623. The van der Waals surface area contributed by atoms with Gasteiger partial charge in [-0.2, -0.15) is 0 Å². The second kappa shape index (κ2) is 4.70. The molecule has 0 aromatic heterocycles. The summed E-state index contributed by atoms with van der Waals surface area (Å²) in [5.41, 5.74) is 5.36. The van der Waals surface area contributed by atoms with E-state index in [9.17, 15) is 0 Å². The molecular formula is C8H8ClNS2. The van der Waals surface area contributed by atoms with Crippen molar-refractivity contribution in [3.05, 3.63) is 29.3 Å². The van der Waals surface area contributed by atoms with Crippen molar-refractivity contribution in [3.8, 4) is 0 Å². The Labute approximate surface area is 86.3 Å². The van der Waals surface area contributed by atoms with Gasteiger partial charge in [0.2, 0.25) is 0 Å². The van der Waals surface area contributed by atoms with E-state index in [4.69, 9.17) is 29.6 Å². The fourth-order valence-electron chi connectivity index (χ4n) is 0.711. The Balaban J connectivity index is 2.57. The van der Waals surface area contributed by atoms with Crippen LogP contribution in [0.5, 0.6) is 0 Å². The predicted octanol–water partition coefficient (Wildman–Crippen LogP) is 2.72. The van der Waals surface area contributed by atoms with E-state index in [0.717, 1.165) is 9.92 Å². The fourth-order valence-corrected chi connectivity index (χ4v) is 1.84. The van der Waals surface area contributed by atoms with Gasteiger partial charge in [-0.15, -0.1) is 11.8 Å². The van der Waals surface area contributed by atoms with Crippen LogP contribution in [-0.2, 0) is 0 Å². The molecule has 0 aliphatic heterocycles. The minimum absolute atomic E-state index is 0.514. The zero-order valence-corrected chi connectivity index (χ0v) is 8.68. The van der Waals surface area contributed by atoms with Gasteiger partial charge in [0.25, 0.3) is 0 Å². The summed E-state index contributed by atoms with van der Waals surface area (Å²) in [5.74, 6) is 0.662. The molecule has 1 nitrogen and oxygen atoms in total. The van der Waals surface area contributed by atoms with E-state index in [1.807, 2.05) is 24.3 Å². The van der Waals surface area contributed by atoms with Crippen LogP contribution in [-0.4, -0.2) is 10.7 Å². The average Bonchev–Trinajstić information content (AvgIpc) is 2.01. The summed E-state index contributed by atoms with van der Waals surface area (Å²) in [7, 11) is 0. The third-order valence-electron chi connectivity index (χ3n) is 1.18. The number of benzene rings is 1. The third kappa shape index (κ3) is 3.43. The summed E-state index contributed by atoms with van der Waals surface area (Å²) in [6.07, 6.45) is 0. The zero-order valence-electron chi connectivity index (χ0n) is 6.29. The van der Waals surface area contributed by atoms with E-state index in [-0.39, 0.29) is 0 Å². The van der Waals surface area contributed by atoms with Gasteiger partial charge in [-0.1, -0.05) is 29.9 Å². The summed E-state index contributed by atoms with van der Waals surface area (Å²) in [4.78, 5) is 1.61. The predicted molar refractivity (Wildman–Crippen MR) is 59.0 cm³/mol. The topological polar surface area (TPSA) is 26.0 Å². The van der Waals surface area contributed by atoms with E-state index < -0.39 is 0 Å². The van der Waals surface area contributed by atoms with Crippen LogP contribution < -0.4 is 5.73 Å². The molecule has 4 heteroatoms. The monoisotopic (exact) mass is 217 g/mol. The van der Waals surface area contributed by atoms with Gasteiger partial charge in [-0.05, 0) is 18.2 Å². The molecule has 64 valence electrons. The second-order valence-corrected chi connectivity index (χ2v) is 4.22. The normalized spacial score (nSPS) is 9.75. The van der Waals surface area contributed by atoms with Gasteiger partial charge in [-0.3, -0.25) is 0 Å². The molecule has 1 rings (SSSR count). The standard InChI is InChI=1S/C8H8ClNS2/c9-6-2-1-3-7(4-6)12-5-8(10)11/h1-4H,5H2,(H2,10,11). The van der Waals surface area contributed by atoms with Crippen molar-refractivity contribution in [2.45, 2.75) is 4.90 Å². The highest BCUT2D eigenvalue weighted by molar-refractivity contribution is 8.01. The van der Waals surface area contributed by atoms with Gasteiger partial charge >= 0.3 is 0 Å². The molecule has 1 aromatic carbocycles. The van der Waals surface area contributed by atoms with Crippen molar-refractivity contribution in [3.63, 3.8) is 0 Å². The highest BCUT2D eigenvalue weighted by Gasteiger charge is 1.95. The second-order valence-electron chi connectivity index (χ2n) is 2.21. The first-order valence-electron chi connectivity index (χ1n) is 3.35. The van der Waals surface area contributed by atoms with Crippen LogP contribution in [0.1, 0.15) is 0 Å². The van der Waals surface area contributed by atoms with Crippen molar-refractivity contribution in [2.75, 3.05) is 5.75 Å². The van der Waals surface area contributed by atoms with Gasteiger partial charge in [0.15, 0.2) is 0 Å². The highest BCUT2D eigenvalue weighted by Crippen LogP contribution is 2.20. The maximum absolute atomic E-state index is 5.78. The van der Waals surface area contributed by atoms with Gasteiger partial charge in [-0.25, -0.2) is 0 Å². The van der Waals surface area contributed by atoms with Crippen LogP contribution in [0.2, 0.25) is 5.02 Å². The summed E-state index contributed by atoms with van der Waals surface area (Å²) >= 11 is 12.1. The Hall–Kier alpha value is -0.250. The molecule has 0 amide bonds. The van der Waals surface area contributed by atoms with Crippen LogP contribution in [0.15, 0.2) is 29.2 Å². The molecule has 1 aromatic rings. The van der Waals surface area contributed by atoms with Crippen LogP contribution in [0.25, 0.3) is 0 Å². The lowest BCUT2D eigenvalue weighted by molar-refractivity contribution is 1.46. The lowest BCUT2D eigenvalue weighted by atomic mass is 10.4. The summed E-state index contributed by atoms with van der Waals surface area (Å²) in [5, 5.41) is 0.739. The molecule has 0 bridgehead atoms. The molecule has 2 N–H and O–H groups in total. The highest BCUT2D eigenvalue weighted by atomic mass is 35.5. The maximum atomic E-state index is 5.78. The fraction of sp³-hybridized carbons (Fsp3) is 0.125. The molecule has 0 aliphatic rings. The Morgan fingerprint density at radius 2 is 2.33 bits per heavy atom. The minimum Gasteiger partial charge on any atom is -0.393 e. The molecule has 0 fully saturated rings. The SMILES string of the molecule is NC(=S)CSc1cccc(Cl)c1. The number of hydrogen-bond acceptors (Lipinski definition) is 2.